The zero-order valence-corrected chi connectivity index (χ0v) is 29.4. The number of hydrogen-bond acceptors (Lipinski definition) is 5. The minimum absolute atomic E-state index is 0.00691. The molecule has 0 aliphatic carbocycles. The van der Waals surface area contributed by atoms with Crippen LogP contribution in [0.3, 0.4) is 0 Å². The van der Waals surface area contributed by atoms with E-state index in [-0.39, 0.29) is 11.0 Å². The van der Waals surface area contributed by atoms with E-state index in [1.807, 2.05) is 13.8 Å². The number of hydrogen-bond donors (Lipinski definition) is 0. The third-order valence-corrected chi connectivity index (χ3v) is 9.61. The Morgan fingerprint density at radius 2 is 1.27 bits per heavy atom. The maximum Gasteiger partial charge on any atom is 0.0146 e. The first kappa shape index (κ1) is 33.6. The van der Waals surface area contributed by atoms with Crippen LogP contribution in [0.2, 0.25) is 0 Å². The molecule has 0 saturated carbocycles. The summed E-state index contributed by atoms with van der Waals surface area (Å²) < 4.78 is 30.3. The molecular weight excluding hydrogens is 664 g/mol. The quantitative estimate of drug-likeness (QED) is 0.193. The molecule has 0 radical (unpaired) electrons. The molecule has 0 N–H and O–H groups in total. The van der Waals surface area contributed by atoms with Gasteiger partial charge in [0.15, 0.2) is 0 Å². The fourth-order valence-corrected chi connectivity index (χ4v) is 7.81. The van der Waals surface area contributed by atoms with Crippen molar-refractivity contribution in [1.82, 2.24) is 0 Å². The molecule has 3 aromatic carbocycles. The van der Waals surface area contributed by atoms with Crippen LogP contribution in [-0.2, 0) is 23.4 Å². The first-order valence-electron chi connectivity index (χ1n) is 13.4. The predicted octanol–water partition coefficient (Wildman–Crippen LogP) is 7.94. The van der Waals surface area contributed by atoms with Gasteiger partial charge in [-0.15, -0.1) is 0 Å². The summed E-state index contributed by atoms with van der Waals surface area (Å²) in [6, 6.07) is 13.8. The maximum absolute atomic E-state index is 11.5. The van der Waals surface area contributed by atoms with Gasteiger partial charge in [0.25, 0.3) is 0 Å². The Labute approximate surface area is 259 Å². The van der Waals surface area contributed by atoms with Crippen molar-refractivity contribution in [3.63, 3.8) is 0 Å². The van der Waals surface area contributed by atoms with Crippen LogP contribution in [-0.4, -0.2) is 38.5 Å². The van der Waals surface area contributed by atoms with E-state index < -0.39 is 23.4 Å². The fraction of sp³-hybridized carbons (Fsp3) is 0.375. The number of nitrogens with zero attached hydrogens (tertiary/aromatic N) is 2. The van der Waals surface area contributed by atoms with E-state index in [9.17, 15) is 8.42 Å². The summed E-state index contributed by atoms with van der Waals surface area (Å²) in [5, 5.41) is 0. The minimum atomic E-state index is -3.25. The topological polar surface area (TPSA) is 49.9 Å². The maximum atomic E-state index is 11.5. The Hall–Kier alpha value is -1.92. The standard InChI is InChI=1S/C21H27N2.C11H14O3S.2ClH.Ru/c1-14-9-16(3)20(17(4)10-14)22-7-8-23(13-22)21-18(5)11-15(2)12-19(21)6;1-8(2)14-11-6-5-10(7-9(11)3)15(4,12)13;;;/h9-13H,7-8H2,1-6H3;3,5-8H,1-2,4H3;2*1H;/q-1;;;;+2/p-2. The van der Waals surface area contributed by atoms with Crippen LogP contribution in [0.4, 0.5) is 11.4 Å². The summed E-state index contributed by atoms with van der Waals surface area (Å²) in [6.07, 6.45) is 1.15. The molecule has 4 rings (SSSR count). The molecule has 3 aromatic rings. The molecular formula is C32H41Cl2N2O3RuS-. The molecule has 1 fully saturated rings. The molecule has 226 valence electrons. The summed E-state index contributed by atoms with van der Waals surface area (Å²) in [7, 11) is 8.42. The number of halogens is 2. The van der Waals surface area contributed by atoms with Crippen molar-refractivity contribution in [1.29, 1.82) is 0 Å². The number of rotatable bonds is 6. The average Bonchev–Trinajstić information content (AvgIpc) is 3.27. The van der Waals surface area contributed by atoms with Gasteiger partial charge < -0.3 is 9.80 Å². The van der Waals surface area contributed by atoms with Gasteiger partial charge in [0.05, 0.1) is 0 Å². The average molecular weight is 706 g/mol. The number of sulfone groups is 1. The molecule has 1 aliphatic rings. The third-order valence-electron chi connectivity index (χ3n) is 6.66. The van der Waals surface area contributed by atoms with E-state index >= 15 is 0 Å². The SMILES string of the molecule is CC(C)Oc1ccc(S(C)(=O)=O)cc1[CH]=[Ru]([Cl])[Cl].Cc1cc(C)c(N2[CH-]N(c3c(C)cc(C)cc3C)CC2)c(C)c1. The number of aryl methyl sites for hydroxylation is 6. The molecule has 0 spiro atoms. The van der Waals surface area contributed by atoms with E-state index in [1.165, 1.54) is 50.8 Å². The largest absolute Gasteiger partial charge is 0.502 e. The molecule has 0 atom stereocenters. The van der Waals surface area contributed by atoms with E-state index in [0.717, 1.165) is 19.3 Å². The summed E-state index contributed by atoms with van der Waals surface area (Å²) in [4.78, 5) is 5.04. The van der Waals surface area contributed by atoms with Crippen molar-refractivity contribution in [3.8, 4) is 5.75 Å². The Morgan fingerprint density at radius 3 is 1.63 bits per heavy atom. The molecule has 1 heterocycles. The second-order valence-electron chi connectivity index (χ2n) is 10.9. The Bertz CT molecular complexity index is 1440. The molecule has 9 heteroatoms. The van der Waals surface area contributed by atoms with Crippen LogP contribution in [0.25, 0.3) is 0 Å². The van der Waals surface area contributed by atoms with Crippen LogP contribution in [0.1, 0.15) is 52.8 Å². The van der Waals surface area contributed by atoms with Gasteiger partial charge in [-0.1, -0.05) is 35.4 Å². The summed E-state index contributed by atoms with van der Waals surface area (Å²) in [5.74, 6) is 0.595. The van der Waals surface area contributed by atoms with Gasteiger partial charge in [0, 0.05) is 24.5 Å². The molecule has 1 saturated heterocycles. The van der Waals surface area contributed by atoms with Crippen LogP contribution in [0.15, 0.2) is 47.4 Å². The molecule has 0 aromatic heterocycles. The van der Waals surface area contributed by atoms with Gasteiger partial charge in [-0.25, -0.2) is 0 Å². The van der Waals surface area contributed by atoms with Crippen LogP contribution < -0.4 is 14.5 Å². The zero-order chi connectivity index (χ0) is 30.6. The molecule has 0 unspecified atom stereocenters. The number of benzene rings is 3. The van der Waals surface area contributed by atoms with Gasteiger partial charge in [0.2, 0.25) is 0 Å². The van der Waals surface area contributed by atoms with Gasteiger partial charge in [-0.05, 0) is 63.8 Å². The number of anilines is 2. The Balaban J connectivity index is 0.000000233. The second-order valence-corrected chi connectivity index (χ2v) is 18.7. The van der Waals surface area contributed by atoms with Crippen LogP contribution >= 0.6 is 19.4 Å². The van der Waals surface area contributed by atoms with Gasteiger partial charge in [0.1, 0.15) is 0 Å². The third kappa shape index (κ3) is 9.03. The molecule has 41 heavy (non-hydrogen) atoms. The van der Waals surface area contributed by atoms with E-state index in [2.05, 4.69) is 82.3 Å². The first-order valence-corrected chi connectivity index (χ1v) is 20.8. The predicted molar refractivity (Wildman–Crippen MR) is 172 cm³/mol. The van der Waals surface area contributed by atoms with Gasteiger partial charge >= 0.3 is 121 Å². The van der Waals surface area contributed by atoms with Crippen molar-refractivity contribution in [3.05, 3.63) is 88.1 Å². The zero-order valence-electron chi connectivity index (χ0n) is 25.3. The van der Waals surface area contributed by atoms with E-state index in [1.54, 1.807) is 16.7 Å². The Kier molecular flexibility index (Phi) is 11.5. The van der Waals surface area contributed by atoms with E-state index in [0.29, 0.717) is 11.3 Å². The van der Waals surface area contributed by atoms with E-state index in [4.69, 9.17) is 24.1 Å². The first-order chi connectivity index (χ1) is 19.1. The summed E-state index contributed by atoms with van der Waals surface area (Å²) >= 11 is -2.04. The summed E-state index contributed by atoms with van der Waals surface area (Å²) in [6.45, 7) is 21.4. The van der Waals surface area contributed by atoms with Crippen molar-refractivity contribution < 1.29 is 26.7 Å². The van der Waals surface area contributed by atoms with Crippen molar-refractivity contribution in [2.24, 2.45) is 0 Å². The van der Waals surface area contributed by atoms with Gasteiger partial charge in [-0.2, -0.15) is 6.67 Å². The molecule has 5 nitrogen and oxygen atoms in total. The van der Waals surface area contributed by atoms with Crippen LogP contribution in [0, 0.1) is 48.2 Å². The molecule has 0 amide bonds. The fourth-order valence-electron chi connectivity index (χ4n) is 5.37. The molecule has 1 aliphatic heterocycles. The monoisotopic (exact) mass is 705 g/mol. The minimum Gasteiger partial charge on any atom is -0.502 e. The van der Waals surface area contributed by atoms with Gasteiger partial charge in [-0.3, -0.25) is 0 Å². The van der Waals surface area contributed by atoms with Crippen LogP contribution in [0.5, 0.6) is 5.75 Å². The smallest absolute Gasteiger partial charge is 0.0146 e. The summed E-state index contributed by atoms with van der Waals surface area (Å²) in [5.41, 5.74) is 11.5. The number of ether oxygens (including phenoxy) is 1. The van der Waals surface area contributed by atoms with Crippen molar-refractivity contribution in [2.45, 2.75) is 66.4 Å². The Morgan fingerprint density at radius 1 is 0.829 bits per heavy atom. The van der Waals surface area contributed by atoms with Crippen molar-refractivity contribution in [2.75, 3.05) is 29.1 Å². The van der Waals surface area contributed by atoms with Crippen molar-refractivity contribution >= 4 is 45.2 Å². The normalized spacial score (nSPS) is 13.7. The molecule has 0 bridgehead atoms. The second kappa shape index (κ2) is 14.0.